The van der Waals surface area contributed by atoms with E-state index in [9.17, 15) is 4.79 Å². The van der Waals surface area contributed by atoms with Crippen LogP contribution in [0.15, 0.2) is 29.4 Å². The average Bonchev–Trinajstić information content (AvgIpc) is 2.35. The summed E-state index contributed by atoms with van der Waals surface area (Å²) < 4.78 is 4.77. The van der Waals surface area contributed by atoms with Crippen LogP contribution in [0.25, 0.3) is 0 Å². The second kappa shape index (κ2) is 7.71. The van der Waals surface area contributed by atoms with E-state index in [-0.39, 0.29) is 12.3 Å². The lowest BCUT2D eigenvalue weighted by atomic mass is 10.1. The zero-order valence-electron chi connectivity index (χ0n) is 10.2. The van der Waals surface area contributed by atoms with Gasteiger partial charge in [0.15, 0.2) is 5.71 Å². The maximum Gasteiger partial charge on any atom is 0.356 e. The summed E-state index contributed by atoms with van der Waals surface area (Å²) in [5.41, 5.74) is 1.14. The van der Waals surface area contributed by atoms with Crippen LogP contribution in [0.5, 0.6) is 0 Å². The van der Waals surface area contributed by atoms with Crippen molar-refractivity contribution >= 4 is 23.3 Å². The highest BCUT2D eigenvalue weighted by Crippen LogP contribution is 2.13. The zero-order chi connectivity index (χ0) is 13.4. The van der Waals surface area contributed by atoms with Crippen LogP contribution in [-0.4, -0.2) is 23.5 Å². The Morgan fingerprint density at radius 1 is 1.50 bits per heavy atom. The predicted molar refractivity (Wildman–Crippen MR) is 70.2 cm³/mol. The first-order valence-corrected chi connectivity index (χ1v) is 6.17. The van der Waals surface area contributed by atoms with E-state index in [2.05, 4.69) is 5.16 Å². The number of ether oxygens (including phenoxy) is 1. The van der Waals surface area contributed by atoms with Crippen LogP contribution < -0.4 is 0 Å². The van der Waals surface area contributed by atoms with Crippen LogP contribution in [0.3, 0.4) is 0 Å². The quantitative estimate of drug-likeness (QED) is 0.374. The van der Waals surface area contributed by atoms with Gasteiger partial charge in [-0.2, -0.15) is 0 Å². The van der Waals surface area contributed by atoms with Gasteiger partial charge in [-0.1, -0.05) is 28.9 Å². The minimum Gasteiger partial charge on any atom is -0.461 e. The Morgan fingerprint density at radius 2 is 2.28 bits per heavy atom. The molecule has 0 aliphatic rings. The second-order valence-electron chi connectivity index (χ2n) is 3.75. The molecule has 98 valence electrons. The Labute approximate surface area is 111 Å². The number of hydrogen-bond donors (Lipinski definition) is 1. The molecule has 0 saturated carbocycles. The Morgan fingerprint density at radius 3 is 2.89 bits per heavy atom. The standard InChI is InChI=1S/C13H16ClNO3/c1-2-18-13(16)12(15-17)8-4-6-10-5-3-7-11(14)9-10/h3,5,7,9,17H,2,4,6,8H2,1H3. The zero-order valence-corrected chi connectivity index (χ0v) is 11.0. The van der Waals surface area contributed by atoms with Crippen molar-refractivity contribution in [2.24, 2.45) is 5.16 Å². The third kappa shape index (κ3) is 4.75. The molecule has 1 aromatic carbocycles. The highest BCUT2D eigenvalue weighted by Gasteiger charge is 2.12. The van der Waals surface area contributed by atoms with Gasteiger partial charge < -0.3 is 9.94 Å². The van der Waals surface area contributed by atoms with E-state index >= 15 is 0 Å². The van der Waals surface area contributed by atoms with Gasteiger partial charge in [0.1, 0.15) is 0 Å². The van der Waals surface area contributed by atoms with Gasteiger partial charge in [-0.15, -0.1) is 0 Å². The molecule has 0 spiro atoms. The lowest BCUT2D eigenvalue weighted by Crippen LogP contribution is -2.17. The van der Waals surface area contributed by atoms with E-state index in [1.54, 1.807) is 6.92 Å². The number of halogens is 1. The molecule has 0 radical (unpaired) electrons. The topological polar surface area (TPSA) is 58.9 Å². The van der Waals surface area contributed by atoms with Crippen LogP contribution in [0.4, 0.5) is 0 Å². The molecule has 5 heteroatoms. The number of hydrogen-bond acceptors (Lipinski definition) is 4. The molecule has 0 unspecified atom stereocenters. The van der Waals surface area contributed by atoms with Crippen molar-refractivity contribution in [3.63, 3.8) is 0 Å². The Balaban J connectivity index is 2.43. The van der Waals surface area contributed by atoms with Crippen LogP contribution in [0.1, 0.15) is 25.3 Å². The van der Waals surface area contributed by atoms with Crippen molar-refractivity contribution in [2.75, 3.05) is 6.61 Å². The van der Waals surface area contributed by atoms with Crippen molar-refractivity contribution in [1.82, 2.24) is 0 Å². The van der Waals surface area contributed by atoms with Gasteiger partial charge in [-0.05, 0) is 37.5 Å². The molecule has 0 aliphatic carbocycles. The molecular formula is C13H16ClNO3. The highest BCUT2D eigenvalue weighted by molar-refractivity contribution is 6.36. The van der Waals surface area contributed by atoms with Gasteiger partial charge in [-0.25, -0.2) is 4.79 Å². The molecule has 0 aliphatic heterocycles. The number of nitrogens with zero attached hydrogens (tertiary/aromatic N) is 1. The van der Waals surface area contributed by atoms with Crippen molar-refractivity contribution < 1.29 is 14.7 Å². The highest BCUT2D eigenvalue weighted by atomic mass is 35.5. The molecule has 0 aromatic heterocycles. The maximum absolute atomic E-state index is 11.3. The van der Waals surface area contributed by atoms with Crippen molar-refractivity contribution in [3.05, 3.63) is 34.9 Å². The van der Waals surface area contributed by atoms with Crippen molar-refractivity contribution in [1.29, 1.82) is 0 Å². The van der Waals surface area contributed by atoms with E-state index < -0.39 is 5.97 Å². The molecule has 0 heterocycles. The van der Waals surface area contributed by atoms with Crippen molar-refractivity contribution in [3.8, 4) is 0 Å². The normalized spacial score (nSPS) is 11.3. The predicted octanol–water partition coefficient (Wildman–Crippen LogP) is 3.06. The first kappa shape index (κ1) is 14.5. The summed E-state index contributed by atoms with van der Waals surface area (Å²) in [4.78, 5) is 11.3. The van der Waals surface area contributed by atoms with Gasteiger partial charge in [0.05, 0.1) is 6.61 Å². The fourth-order valence-corrected chi connectivity index (χ4v) is 1.77. The summed E-state index contributed by atoms with van der Waals surface area (Å²) in [7, 11) is 0. The molecular weight excluding hydrogens is 254 g/mol. The van der Waals surface area contributed by atoms with E-state index in [0.717, 1.165) is 12.0 Å². The van der Waals surface area contributed by atoms with Gasteiger partial charge in [0, 0.05) is 11.4 Å². The molecule has 0 fully saturated rings. The Hall–Kier alpha value is -1.55. The molecule has 0 atom stereocenters. The smallest absolute Gasteiger partial charge is 0.356 e. The molecule has 1 N–H and O–H groups in total. The molecule has 1 rings (SSSR count). The maximum atomic E-state index is 11.3. The van der Waals surface area contributed by atoms with Gasteiger partial charge >= 0.3 is 5.97 Å². The lowest BCUT2D eigenvalue weighted by Gasteiger charge is -2.04. The minimum atomic E-state index is -0.564. The number of rotatable bonds is 6. The molecule has 1 aromatic rings. The minimum absolute atomic E-state index is 0.0545. The molecule has 4 nitrogen and oxygen atoms in total. The Kier molecular flexibility index (Phi) is 6.22. The van der Waals surface area contributed by atoms with Crippen LogP contribution >= 0.6 is 11.6 Å². The number of esters is 1. The van der Waals surface area contributed by atoms with Gasteiger partial charge in [0.25, 0.3) is 0 Å². The molecule has 0 saturated heterocycles. The van der Waals surface area contributed by atoms with Crippen LogP contribution in [-0.2, 0) is 16.0 Å². The second-order valence-corrected chi connectivity index (χ2v) is 4.19. The lowest BCUT2D eigenvalue weighted by molar-refractivity contribution is -0.135. The average molecular weight is 270 g/mol. The van der Waals surface area contributed by atoms with Gasteiger partial charge in [0.2, 0.25) is 0 Å². The fourth-order valence-electron chi connectivity index (χ4n) is 1.56. The van der Waals surface area contributed by atoms with E-state index in [1.165, 1.54) is 0 Å². The summed E-state index contributed by atoms with van der Waals surface area (Å²) >= 11 is 5.87. The molecule has 18 heavy (non-hydrogen) atoms. The van der Waals surface area contributed by atoms with E-state index in [4.69, 9.17) is 21.5 Å². The van der Waals surface area contributed by atoms with Crippen LogP contribution in [0.2, 0.25) is 5.02 Å². The fraction of sp³-hybridized carbons (Fsp3) is 0.385. The number of carbonyl (C=O) groups excluding carboxylic acids is 1. The largest absolute Gasteiger partial charge is 0.461 e. The van der Waals surface area contributed by atoms with E-state index in [1.807, 2.05) is 24.3 Å². The number of oxime groups is 1. The van der Waals surface area contributed by atoms with E-state index in [0.29, 0.717) is 17.9 Å². The summed E-state index contributed by atoms with van der Waals surface area (Å²) in [6.07, 6.45) is 1.83. The summed E-state index contributed by atoms with van der Waals surface area (Å²) in [5, 5.41) is 12.4. The summed E-state index contributed by atoms with van der Waals surface area (Å²) in [6, 6.07) is 7.53. The SMILES string of the molecule is CCOC(=O)C(CCCc1cccc(Cl)c1)=NO. The summed E-state index contributed by atoms with van der Waals surface area (Å²) in [5.74, 6) is -0.564. The van der Waals surface area contributed by atoms with Crippen molar-refractivity contribution in [2.45, 2.75) is 26.2 Å². The number of aryl methyl sites for hydroxylation is 1. The molecule has 0 bridgehead atoms. The molecule has 0 amide bonds. The first-order valence-electron chi connectivity index (χ1n) is 5.80. The third-order valence-electron chi connectivity index (χ3n) is 2.40. The van der Waals surface area contributed by atoms with Crippen LogP contribution in [0, 0.1) is 0 Å². The number of carbonyl (C=O) groups is 1. The summed E-state index contributed by atoms with van der Waals surface area (Å²) in [6.45, 7) is 1.98. The third-order valence-corrected chi connectivity index (χ3v) is 2.63. The number of benzene rings is 1. The monoisotopic (exact) mass is 269 g/mol. The van der Waals surface area contributed by atoms with Gasteiger partial charge in [-0.3, -0.25) is 0 Å². The Bertz CT molecular complexity index is 432. The first-order chi connectivity index (χ1) is 8.67.